The minimum absolute atomic E-state index is 0.982. The van der Waals surface area contributed by atoms with Gasteiger partial charge in [-0.05, 0) is 30.3 Å². The van der Waals surface area contributed by atoms with Gasteiger partial charge in [0.1, 0.15) is 0 Å². The zero-order chi connectivity index (χ0) is 16.7. The Labute approximate surface area is 143 Å². The summed E-state index contributed by atoms with van der Waals surface area (Å²) in [6.07, 6.45) is 0. The molecule has 0 fully saturated rings. The lowest BCUT2D eigenvalue weighted by Gasteiger charge is -2.00. The number of fused-ring (bicyclic) bond motifs is 8. The van der Waals surface area contributed by atoms with Crippen LogP contribution < -0.4 is 0 Å². The quantitative estimate of drug-likeness (QED) is 0.400. The van der Waals surface area contributed by atoms with Crippen molar-refractivity contribution in [3.05, 3.63) is 60.7 Å². The van der Waals surface area contributed by atoms with E-state index in [1.54, 1.807) is 0 Å². The molecule has 3 heterocycles. The largest absolute Gasteiger partial charge is 0.344 e. The first kappa shape index (κ1) is 13.1. The van der Waals surface area contributed by atoms with Crippen molar-refractivity contribution in [1.82, 2.24) is 18.5 Å². The molecule has 0 bridgehead atoms. The summed E-state index contributed by atoms with van der Waals surface area (Å²) in [7, 11) is 4.24. The Kier molecular flexibility index (Phi) is 2.21. The van der Waals surface area contributed by atoms with Gasteiger partial charge in [0.15, 0.2) is 0 Å². The fraction of sp³-hybridized carbons (Fsp3) is 0.0952. The van der Waals surface area contributed by atoms with Crippen LogP contribution in [0.2, 0.25) is 0 Å². The Morgan fingerprint density at radius 3 is 2.28 bits per heavy atom. The van der Waals surface area contributed by atoms with Crippen molar-refractivity contribution in [2.24, 2.45) is 14.1 Å². The van der Waals surface area contributed by atoms with Gasteiger partial charge in [-0.2, -0.15) is 0 Å². The van der Waals surface area contributed by atoms with Gasteiger partial charge in [0.25, 0.3) is 0 Å². The van der Waals surface area contributed by atoms with Crippen LogP contribution in [0, 0.1) is 0 Å². The molecule has 0 aliphatic rings. The van der Waals surface area contributed by atoms with Crippen LogP contribution in [0.5, 0.6) is 0 Å². The summed E-state index contributed by atoms with van der Waals surface area (Å²) >= 11 is 0. The number of rotatable bonds is 0. The van der Waals surface area contributed by atoms with Crippen molar-refractivity contribution >= 4 is 49.7 Å². The van der Waals surface area contributed by atoms with Crippen molar-refractivity contribution in [3.8, 4) is 0 Å². The number of para-hydroxylation sites is 3. The Balaban J connectivity index is 1.92. The lowest BCUT2D eigenvalue weighted by atomic mass is 10.1. The first-order valence-corrected chi connectivity index (χ1v) is 8.47. The standard InChI is InChI=1S/C21H16N4/c1-23-16-9-5-3-7-13(16)14-11-19-20(12-18(14)23)25-17-10-6-4-8-15(17)22-21(25)24(19)2/h3-12H,1-2H3. The predicted molar refractivity (Wildman–Crippen MR) is 103 cm³/mol. The molecule has 6 aromatic rings. The number of nitrogens with zero attached hydrogens (tertiary/aromatic N) is 4. The fourth-order valence-electron chi connectivity index (χ4n) is 4.21. The highest BCUT2D eigenvalue weighted by Crippen LogP contribution is 2.33. The number of imidazole rings is 2. The zero-order valence-corrected chi connectivity index (χ0v) is 14.1. The third kappa shape index (κ3) is 1.45. The van der Waals surface area contributed by atoms with E-state index in [-0.39, 0.29) is 0 Å². The smallest absolute Gasteiger partial charge is 0.215 e. The second kappa shape index (κ2) is 4.22. The summed E-state index contributed by atoms with van der Waals surface area (Å²) < 4.78 is 6.74. The van der Waals surface area contributed by atoms with E-state index in [1.165, 1.54) is 32.8 Å². The van der Waals surface area contributed by atoms with Gasteiger partial charge in [-0.15, -0.1) is 0 Å². The summed E-state index contributed by atoms with van der Waals surface area (Å²) in [5.74, 6) is 0.982. The third-order valence-corrected chi connectivity index (χ3v) is 5.46. The van der Waals surface area contributed by atoms with Crippen LogP contribution in [0.15, 0.2) is 60.7 Å². The molecule has 6 rings (SSSR count). The highest BCUT2D eigenvalue weighted by Gasteiger charge is 2.16. The SMILES string of the molecule is Cn1c2ccccc2c2cc3c(cc21)n1c2ccccc2nc1n3C. The van der Waals surface area contributed by atoms with E-state index >= 15 is 0 Å². The molecule has 0 saturated carbocycles. The highest BCUT2D eigenvalue weighted by molar-refractivity contribution is 6.12. The maximum Gasteiger partial charge on any atom is 0.215 e. The molecule has 0 saturated heterocycles. The van der Waals surface area contributed by atoms with E-state index in [1.807, 2.05) is 6.07 Å². The van der Waals surface area contributed by atoms with Crippen LogP contribution in [0.4, 0.5) is 0 Å². The minimum atomic E-state index is 0.982. The molecule has 0 radical (unpaired) electrons. The van der Waals surface area contributed by atoms with Crippen LogP contribution in [0.25, 0.3) is 49.7 Å². The molecule has 3 aromatic carbocycles. The van der Waals surface area contributed by atoms with Gasteiger partial charge in [-0.1, -0.05) is 30.3 Å². The molecule has 25 heavy (non-hydrogen) atoms. The molecule has 3 aromatic heterocycles. The van der Waals surface area contributed by atoms with E-state index in [4.69, 9.17) is 4.98 Å². The Hall–Kier alpha value is -3.27. The van der Waals surface area contributed by atoms with Gasteiger partial charge < -0.3 is 9.13 Å². The van der Waals surface area contributed by atoms with E-state index in [9.17, 15) is 0 Å². The summed E-state index contributed by atoms with van der Waals surface area (Å²) in [5.41, 5.74) is 7.11. The number of hydrogen-bond acceptors (Lipinski definition) is 1. The summed E-state index contributed by atoms with van der Waals surface area (Å²) in [6.45, 7) is 0. The van der Waals surface area contributed by atoms with Gasteiger partial charge in [-0.25, -0.2) is 4.98 Å². The molecule has 4 nitrogen and oxygen atoms in total. The van der Waals surface area contributed by atoms with Gasteiger partial charge in [0.2, 0.25) is 5.78 Å². The molecule has 0 aliphatic carbocycles. The van der Waals surface area contributed by atoms with Crippen molar-refractivity contribution in [1.29, 1.82) is 0 Å². The number of benzene rings is 3. The third-order valence-electron chi connectivity index (χ3n) is 5.46. The van der Waals surface area contributed by atoms with Crippen molar-refractivity contribution < 1.29 is 0 Å². The van der Waals surface area contributed by atoms with Crippen LogP contribution in [-0.2, 0) is 14.1 Å². The normalized spacial score (nSPS) is 12.4. The molecular weight excluding hydrogens is 308 g/mol. The lowest BCUT2D eigenvalue weighted by molar-refractivity contribution is 0.974. The van der Waals surface area contributed by atoms with Crippen LogP contribution >= 0.6 is 0 Å². The maximum atomic E-state index is 4.83. The average Bonchev–Trinajstić information content (AvgIpc) is 3.25. The maximum absolute atomic E-state index is 4.83. The molecule has 0 atom stereocenters. The van der Waals surface area contributed by atoms with E-state index in [0.29, 0.717) is 0 Å². The fourth-order valence-corrected chi connectivity index (χ4v) is 4.21. The number of aromatic nitrogens is 4. The molecule has 0 spiro atoms. The van der Waals surface area contributed by atoms with Gasteiger partial charge in [0, 0.05) is 30.4 Å². The van der Waals surface area contributed by atoms with Crippen LogP contribution in [0.1, 0.15) is 0 Å². The van der Waals surface area contributed by atoms with Gasteiger partial charge >= 0.3 is 0 Å². The average molecular weight is 324 g/mol. The van der Waals surface area contributed by atoms with E-state index < -0.39 is 0 Å². The monoisotopic (exact) mass is 324 g/mol. The first-order valence-electron chi connectivity index (χ1n) is 8.47. The summed E-state index contributed by atoms with van der Waals surface area (Å²) in [4.78, 5) is 4.83. The second-order valence-corrected chi connectivity index (χ2v) is 6.73. The van der Waals surface area contributed by atoms with Crippen molar-refractivity contribution in [2.45, 2.75) is 0 Å². The highest BCUT2D eigenvalue weighted by atomic mass is 15.2. The second-order valence-electron chi connectivity index (χ2n) is 6.73. The minimum Gasteiger partial charge on any atom is -0.344 e. The van der Waals surface area contributed by atoms with E-state index in [0.717, 1.165) is 16.8 Å². The first-order chi connectivity index (χ1) is 12.2. The van der Waals surface area contributed by atoms with Crippen molar-refractivity contribution in [3.63, 3.8) is 0 Å². The summed E-state index contributed by atoms with van der Waals surface area (Å²) in [5, 5.41) is 2.59. The van der Waals surface area contributed by atoms with Crippen LogP contribution in [0.3, 0.4) is 0 Å². The molecule has 0 amide bonds. The molecule has 4 heteroatoms. The van der Waals surface area contributed by atoms with Crippen LogP contribution in [-0.4, -0.2) is 18.5 Å². The molecule has 0 N–H and O–H groups in total. The topological polar surface area (TPSA) is 27.2 Å². The van der Waals surface area contributed by atoms with Crippen molar-refractivity contribution in [2.75, 3.05) is 0 Å². The molecule has 120 valence electrons. The van der Waals surface area contributed by atoms with Gasteiger partial charge in [-0.3, -0.25) is 4.40 Å². The predicted octanol–water partition coefficient (Wildman–Crippen LogP) is 4.62. The lowest BCUT2D eigenvalue weighted by Crippen LogP contribution is -1.88. The Morgan fingerprint density at radius 1 is 0.640 bits per heavy atom. The Morgan fingerprint density at radius 2 is 1.40 bits per heavy atom. The van der Waals surface area contributed by atoms with E-state index in [2.05, 4.69) is 82.2 Å². The molecular formula is C21H16N4. The number of hydrogen-bond donors (Lipinski definition) is 0. The number of aryl methyl sites for hydroxylation is 2. The Bertz CT molecular complexity index is 1460. The molecule has 0 unspecified atom stereocenters. The van der Waals surface area contributed by atoms with Gasteiger partial charge in [0.05, 0.1) is 27.6 Å². The molecule has 0 aliphatic heterocycles. The zero-order valence-electron chi connectivity index (χ0n) is 14.1. The summed E-state index contributed by atoms with van der Waals surface area (Å²) in [6, 6.07) is 21.5.